The van der Waals surface area contributed by atoms with E-state index < -0.39 is 0 Å². The number of thioether (sulfide) groups is 1. The van der Waals surface area contributed by atoms with Crippen molar-refractivity contribution < 1.29 is 23.7 Å². The van der Waals surface area contributed by atoms with E-state index in [4.69, 9.17) is 31.2 Å². The molecule has 1 heterocycles. The molecule has 0 saturated carbocycles. The second-order valence-electron chi connectivity index (χ2n) is 6.94. The minimum Gasteiger partial charge on any atom is -0.497 e. The lowest BCUT2D eigenvalue weighted by Gasteiger charge is -2.30. The first-order valence-corrected chi connectivity index (χ1v) is 11.3. The van der Waals surface area contributed by atoms with Crippen LogP contribution in [0.4, 0.5) is 0 Å². The maximum atomic E-state index is 13.1. The molecule has 1 saturated heterocycles. The third-order valence-corrected chi connectivity index (χ3v) is 6.80. The number of rotatable bonds is 8. The topological polar surface area (TPSA) is 57.2 Å². The average Bonchev–Trinajstić information content (AvgIpc) is 2.83. The SMILES string of the molecule is COc1ccc(C(=O)CC(SC(=S)N2CCOCC2)c2ccc(OC)c(OC)c2)cc1. The minimum absolute atomic E-state index is 0.0414. The Bertz CT molecular complexity index is 897. The molecule has 0 amide bonds. The predicted molar refractivity (Wildman–Crippen MR) is 127 cm³/mol. The highest BCUT2D eigenvalue weighted by atomic mass is 32.2. The number of hydrogen-bond donors (Lipinski definition) is 0. The first-order chi connectivity index (χ1) is 15.0. The van der Waals surface area contributed by atoms with Crippen molar-refractivity contribution in [3.05, 3.63) is 53.6 Å². The van der Waals surface area contributed by atoms with Crippen molar-refractivity contribution in [2.75, 3.05) is 47.6 Å². The van der Waals surface area contributed by atoms with Crippen LogP contribution in [0.5, 0.6) is 17.2 Å². The first-order valence-electron chi connectivity index (χ1n) is 9.98. The molecular formula is C23H27NO5S2. The summed E-state index contributed by atoms with van der Waals surface area (Å²) in [4.78, 5) is 15.2. The van der Waals surface area contributed by atoms with Crippen molar-refractivity contribution in [2.24, 2.45) is 0 Å². The molecule has 3 rings (SSSR count). The van der Waals surface area contributed by atoms with Crippen molar-refractivity contribution in [3.8, 4) is 17.2 Å². The van der Waals surface area contributed by atoms with Crippen molar-refractivity contribution in [1.82, 2.24) is 4.90 Å². The van der Waals surface area contributed by atoms with Crippen molar-refractivity contribution in [1.29, 1.82) is 0 Å². The maximum Gasteiger partial charge on any atom is 0.164 e. The number of carbonyl (C=O) groups excluding carboxylic acids is 1. The van der Waals surface area contributed by atoms with Gasteiger partial charge in [-0.1, -0.05) is 30.0 Å². The molecule has 166 valence electrons. The third-order valence-electron chi connectivity index (χ3n) is 5.07. The number of hydrogen-bond acceptors (Lipinski definition) is 7. The zero-order valence-corrected chi connectivity index (χ0v) is 19.6. The summed E-state index contributed by atoms with van der Waals surface area (Å²) in [5.74, 6) is 2.03. The van der Waals surface area contributed by atoms with E-state index in [1.807, 2.05) is 18.2 Å². The van der Waals surface area contributed by atoms with Gasteiger partial charge in [-0.3, -0.25) is 4.79 Å². The number of ether oxygens (including phenoxy) is 4. The lowest BCUT2D eigenvalue weighted by atomic mass is 10.0. The summed E-state index contributed by atoms with van der Waals surface area (Å²) >= 11 is 7.24. The number of Topliss-reactive ketones (excluding diaryl/α,β-unsaturated/α-hetero) is 1. The van der Waals surface area contributed by atoms with E-state index in [1.165, 1.54) is 11.8 Å². The van der Waals surface area contributed by atoms with Crippen LogP contribution in [0.1, 0.15) is 27.6 Å². The fraction of sp³-hybridized carbons (Fsp3) is 0.391. The Hall–Kier alpha value is -2.29. The van der Waals surface area contributed by atoms with Gasteiger partial charge in [0.1, 0.15) is 10.1 Å². The molecule has 1 aliphatic rings. The van der Waals surface area contributed by atoms with Crippen molar-refractivity contribution in [2.45, 2.75) is 11.7 Å². The Morgan fingerprint density at radius 3 is 2.32 bits per heavy atom. The van der Waals surface area contributed by atoms with Crippen LogP contribution in [0.3, 0.4) is 0 Å². The molecule has 1 unspecified atom stereocenters. The molecule has 0 radical (unpaired) electrons. The Morgan fingerprint density at radius 2 is 1.71 bits per heavy atom. The van der Waals surface area contributed by atoms with Crippen molar-refractivity contribution >= 4 is 34.1 Å². The van der Waals surface area contributed by atoms with E-state index in [1.54, 1.807) is 45.6 Å². The molecule has 0 bridgehead atoms. The van der Waals surface area contributed by atoms with Gasteiger partial charge in [0, 0.05) is 30.3 Å². The maximum absolute atomic E-state index is 13.1. The fourth-order valence-corrected chi connectivity index (χ4v) is 4.91. The van der Waals surface area contributed by atoms with Crippen molar-refractivity contribution in [3.63, 3.8) is 0 Å². The van der Waals surface area contributed by atoms with Gasteiger partial charge in [-0.2, -0.15) is 0 Å². The van der Waals surface area contributed by atoms with Crippen LogP contribution in [-0.4, -0.2) is 62.6 Å². The molecule has 31 heavy (non-hydrogen) atoms. The van der Waals surface area contributed by atoms with Crippen LogP contribution in [0.15, 0.2) is 42.5 Å². The van der Waals surface area contributed by atoms with Crippen LogP contribution in [0.2, 0.25) is 0 Å². The highest BCUT2D eigenvalue weighted by molar-refractivity contribution is 8.23. The molecule has 1 fully saturated rings. The number of nitrogens with zero attached hydrogens (tertiary/aromatic N) is 1. The smallest absolute Gasteiger partial charge is 0.164 e. The monoisotopic (exact) mass is 461 g/mol. The molecular weight excluding hydrogens is 434 g/mol. The van der Waals surface area contributed by atoms with Gasteiger partial charge in [0.25, 0.3) is 0 Å². The van der Waals surface area contributed by atoms with E-state index in [9.17, 15) is 4.79 Å². The number of benzene rings is 2. The largest absolute Gasteiger partial charge is 0.497 e. The normalized spacial score (nSPS) is 14.6. The van der Waals surface area contributed by atoms with E-state index in [0.717, 1.165) is 28.7 Å². The Balaban J connectivity index is 1.84. The van der Waals surface area contributed by atoms with Crippen LogP contribution in [0, 0.1) is 0 Å². The zero-order valence-electron chi connectivity index (χ0n) is 18.0. The van der Waals surface area contributed by atoms with Crippen LogP contribution < -0.4 is 14.2 Å². The third kappa shape index (κ3) is 6.12. The fourth-order valence-electron chi connectivity index (χ4n) is 3.29. The van der Waals surface area contributed by atoms with Gasteiger partial charge in [0.15, 0.2) is 17.3 Å². The minimum atomic E-state index is -0.162. The molecule has 2 aromatic carbocycles. The lowest BCUT2D eigenvalue weighted by molar-refractivity contribution is 0.0702. The molecule has 0 spiro atoms. The predicted octanol–water partition coefficient (Wildman–Crippen LogP) is 4.38. The van der Waals surface area contributed by atoms with E-state index >= 15 is 0 Å². The van der Waals surface area contributed by atoms with Gasteiger partial charge in [-0.25, -0.2) is 0 Å². The molecule has 0 aromatic heterocycles. The molecule has 8 heteroatoms. The quantitative estimate of drug-likeness (QED) is 0.424. The van der Waals surface area contributed by atoms with Gasteiger partial charge >= 0.3 is 0 Å². The number of thiocarbonyl (C=S) groups is 1. The van der Waals surface area contributed by atoms with E-state index in [2.05, 4.69) is 4.90 Å². The standard InChI is InChI=1S/C23H27NO5S2/c1-26-18-7-4-16(5-8-18)19(25)15-22(31-23(30)24-10-12-29-13-11-24)17-6-9-20(27-2)21(14-17)28-3/h4-9,14,22H,10-13,15H2,1-3H3. The Morgan fingerprint density at radius 1 is 1.03 bits per heavy atom. The molecule has 0 N–H and O–H groups in total. The summed E-state index contributed by atoms with van der Waals surface area (Å²) in [6, 6.07) is 12.9. The lowest BCUT2D eigenvalue weighted by Crippen LogP contribution is -2.38. The second-order valence-corrected chi connectivity index (χ2v) is 8.78. The first kappa shape index (κ1) is 23.4. The summed E-state index contributed by atoms with van der Waals surface area (Å²) in [5.41, 5.74) is 1.60. The van der Waals surface area contributed by atoms with Crippen LogP contribution >= 0.6 is 24.0 Å². The summed E-state index contributed by atoms with van der Waals surface area (Å²) in [6.07, 6.45) is 0.303. The summed E-state index contributed by atoms with van der Waals surface area (Å²) < 4.78 is 22.2. The Labute approximate surface area is 192 Å². The molecule has 2 aromatic rings. The number of ketones is 1. The van der Waals surface area contributed by atoms with E-state index in [-0.39, 0.29) is 11.0 Å². The summed E-state index contributed by atoms with van der Waals surface area (Å²) in [6.45, 7) is 2.84. The van der Waals surface area contributed by atoms with Gasteiger partial charge < -0.3 is 23.8 Å². The Kier molecular flexibility index (Phi) is 8.57. The van der Waals surface area contributed by atoms with Crippen LogP contribution in [-0.2, 0) is 4.74 Å². The van der Waals surface area contributed by atoms with Gasteiger partial charge in [0.2, 0.25) is 0 Å². The molecule has 1 aliphatic heterocycles. The highest BCUT2D eigenvalue weighted by Crippen LogP contribution is 2.39. The zero-order chi connectivity index (χ0) is 22.2. The summed E-state index contributed by atoms with van der Waals surface area (Å²) in [5, 5.41) is -0.162. The van der Waals surface area contributed by atoms with Crippen LogP contribution in [0.25, 0.3) is 0 Å². The number of methoxy groups -OCH3 is 3. The highest BCUT2D eigenvalue weighted by Gasteiger charge is 2.24. The molecule has 1 atom stereocenters. The van der Waals surface area contributed by atoms with Gasteiger partial charge in [-0.05, 0) is 42.0 Å². The summed E-state index contributed by atoms with van der Waals surface area (Å²) in [7, 11) is 4.81. The van der Waals surface area contributed by atoms with Gasteiger partial charge in [-0.15, -0.1) is 0 Å². The molecule has 0 aliphatic carbocycles. The van der Waals surface area contributed by atoms with Gasteiger partial charge in [0.05, 0.1) is 34.5 Å². The second kappa shape index (κ2) is 11.4. The average molecular weight is 462 g/mol. The number of carbonyl (C=O) groups is 1. The molecule has 6 nitrogen and oxygen atoms in total. The van der Waals surface area contributed by atoms with E-state index in [0.29, 0.717) is 36.7 Å². The number of morpholine rings is 1.